The molecule has 9 nitrogen and oxygen atoms in total. The third-order valence-corrected chi connectivity index (χ3v) is 6.98. The number of aryl methyl sites for hydroxylation is 1. The SMILES string of the molecule is C=CC(=O)N1CCCC[C@@H](n2c(NC(=O)c3cccc(C)c3)nc3cc(CC(C)=O)c4c(c32)OCCO4)C1. The molecule has 2 aliphatic rings. The topological polar surface area (TPSA) is 103 Å². The molecule has 3 aromatic rings. The van der Waals surface area contributed by atoms with E-state index in [0.29, 0.717) is 65.9 Å². The van der Waals surface area contributed by atoms with Crippen molar-refractivity contribution in [3.8, 4) is 11.5 Å². The molecule has 198 valence electrons. The van der Waals surface area contributed by atoms with Crippen molar-refractivity contribution in [1.29, 1.82) is 0 Å². The molecule has 0 spiro atoms. The average Bonchev–Trinajstić information content (AvgIpc) is 3.08. The van der Waals surface area contributed by atoms with Gasteiger partial charge in [0, 0.05) is 30.6 Å². The average molecular weight is 517 g/mol. The predicted octanol–water partition coefficient (Wildman–Crippen LogP) is 4.24. The van der Waals surface area contributed by atoms with Crippen molar-refractivity contribution in [1.82, 2.24) is 14.5 Å². The highest BCUT2D eigenvalue weighted by Gasteiger charge is 2.31. The van der Waals surface area contributed by atoms with Crippen molar-refractivity contribution in [2.75, 3.05) is 31.6 Å². The minimum atomic E-state index is -0.284. The number of hydrogen-bond donors (Lipinski definition) is 1. The number of ketones is 1. The number of anilines is 1. The number of fused-ring (bicyclic) bond motifs is 3. The van der Waals surface area contributed by atoms with Gasteiger partial charge in [0.1, 0.15) is 24.5 Å². The highest BCUT2D eigenvalue weighted by Crippen LogP contribution is 2.44. The molecule has 2 aliphatic heterocycles. The number of rotatable bonds is 6. The summed E-state index contributed by atoms with van der Waals surface area (Å²) in [6, 6.07) is 9.02. The Kier molecular flexibility index (Phi) is 7.18. The number of hydrogen-bond acceptors (Lipinski definition) is 6. The van der Waals surface area contributed by atoms with Gasteiger partial charge in [0.25, 0.3) is 5.91 Å². The minimum absolute atomic E-state index is 0.00419. The normalized spacial score (nSPS) is 17.1. The Bertz CT molecular complexity index is 1430. The zero-order valence-corrected chi connectivity index (χ0v) is 21.8. The number of carbonyl (C=O) groups is 3. The summed E-state index contributed by atoms with van der Waals surface area (Å²) in [5, 5.41) is 3.01. The summed E-state index contributed by atoms with van der Waals surface area (Å²) < 4.78 is 14.1. The van der Waals surface area contributed by atoms with Crippen LogP contribution in [0.4, 0.5) is 5.95 Å². The number of amides is 2. The Morgan fingerprint density at radius 3 is 2.68 bits per heavy atom. The van der Waals surface area contributed by atoms with Gasteiger partial charge in [-0.2, -0.15) is 0 Å². The number of imidazole rings is 1. The van der Waals surface area contributed by atoms with Gasteiger partial charge >= 0.3 is 0 Å². The number of Topliss-reactive ketones (excluding diaryl/α,β-unsaturated/α-hetero) is 1. The molecular formula is C29H32N4O5. The number of ether oxygens (including phenoxy) is 2. The van der Waals surface area contributed by atoms with Gasteiger partial charge in [-0.1, -0.05) is 24.3 Å². The summed E-state index contributed by atoms with van der Waals surface area (Å²) in [4.78, 5) is 44.6. The first-order chi connectivity index (χ1) is 18.4. The number of nitrogens with one attached hydrogen (secondary N) is 1. The van der Waals surface area contributed by atoms with Crippen molar-refractivity contribution >= 4 is 34.6 Å². The van der Waals surface area contributed by atoms with Gasteiger partial charge in [0.05, 0.1) is 11.6 Å². The molecule has 0 bridgehead atoms. The summed E-state index contributed by atoms with van der Waals surface area (Å²) >= 11 is 0. The minimum Gasteiger partial charge on any atom is -0.486 e. The summed E-state index contributed by atoms with van der Waals surface area (Å²) in [5.74, 6) is 0.991. The van der Waals surface area contributed by atoms with E-state index in [0.717, 1.165) is 24.8 Å². The lowest BCUT2D eigenvalue weighted by atomic mass is 10.1. The van der Waals surface area contributed by atoms with Gasteiger partial charge in [0.15, 0.2) is 11.5 Å². The van der Waals surface area contributed by atoms with E-state index < -0.39 is 0 Å². The molecule has 1 aromatic heterocycles. The van der Waals surface area contributed by atoms with Crippen LogP contribution in [0.3, 0.4) is 0 Å². The quantitative estimate of drug-likeness (QED) is 0.492. The maximum absolute atomic E-state index is 13.3. The summed E-state index contributed by atoms with van der Waals surface area (Å²) in [6.07, 6.45) is 4.07. The van der Waals surface area contributed by atoms with Crippen molar-refractivity contribution in [3.05, 3.63) is 59.7 Å². The van der Waals surface area contributed by atoms with Crippen LogP contribution < -0.4 is 14.8 Å². The molecule has 2 aromatic carbocycles. The molecule has 2 amide bonds. The predicted molar refractivity (Wildman–Crippen MR) is 144 cm³/mol. The van der Waals surface area contributed by atoms with E-state index in [9.17, 15) is 14.4 Å². The molecule has 0 unspecified atom stereocenters. The van der Waals surface area contributed by atoms with Gasteiger partial charge in [0.2, 0.25) is 11.9 Å². The molecule has 3 heterocycles. The third-order valence-electron chi connectivity index (χ3n) is 6.98. The molecule has 1 fully saturated rings. The molecule has 1 atom stereocenters. The van der Waals surface area contributed by atoms with Gasteiger partial charge in [-0.25, -0.2) is 4.98 Å². The van der Waals surface area contributed by atoms with E-state index in [1.54, 1.807) is 11.0 Å². The molecule has 5 rings (SSSR count). The van der Waals surface area contributed by atoms with E-state index in [4.69, 9.17) is 14.5 Å². The van der Waals surface area contributed by atoms with Crippen LogP contribution >= 0.6 is 0 Å². The highest BCUT2D eigenvalue weighted by molar-refractivity contribution is 6.04. The smallest absolute Gasteiger partial charge is 0.257 e. The maximum Gasteiger partial charge on any atom is 0.257 e. The lowest BCUT2D eigenvalue weighted by Crippen LogP contribution is -2.34. The van der Waals surface area contributed by atoms with Gasteiger partial charge in [-0.15, -0.1) is 0 Å². The molecule has 1 saturated heterocycles. The highest BCUT2D eigenvalue weighted by atomic mass is 16.6. The molecule has 1 N–H and O–H groups in total. The van der Waals surface area contributed by atoms with Gasteiger partial charge in [-0.3, -0.25) is 19.7 Å². The molecule has 38 heavy (non-hydrogen) atoms. The second-order valence-electron chi connectivity index (χ2n) is 9.90. The van der Waals surface area contributed by atoms with E-state index in [1.165, 1.54) is 13.0 Å². The number of carbonyl (C=O) groups excluding carboxylic acids is 3. The van der Waals surface area contributed by atoms with Gasteiger partial charge in [-0.05, 0) is 57.4 Å². The molecule has 0 saturated carbocycles. The number of aromatic nitrogens is 2. The Hall–Kier alpha value is -4.14. The molecule has 0 aliphatic carbocycles. The van der Waals surface area contributed by atoms with Gasteiger partial charge < -0.3 is 18.9 Å². The zero-order chi connectivity index (χ0) is 26.8. The van der Waals surface area contributed by atoms with Crippen molar-refractivity contribution in [2.45, 2.75) is 45.6 Å². The zero-order valence-electron chi connectivity index (χ0n) is 21.8. The van der Waals surface area contributed by atoms with Crippen LogP contribution in [0.5, 0.6) is 11.5 Å². The van der Waals surface area contributed by atoms with Crippen molar-refractivity contribution < 1.29 is 23.9 Å². The van der Waals surface area contributed by atoms with Crippen LogP contribution in [0.25, 0.3) is 11.0 Å². The van der Waals surface area contributed by atoms with E-state index in [-0.39, 0.29) is 30.1 Å². The fraction of sp³-hybridized carbons (Fsp3) is 0.379. The van der Waals surface area contributed by atoms with Crippen LogP contribution in [-0.2, 0) is 16.0 Å². The monoisotopic (exact) mass is 516 g/mol. The fourth-order valence-electron chi connectivity index (χ4n) is 5.30. The number of likely N-dealkylation sites (tertiary alicyclic amines) is 1. The summed E-state index contributed by atoms with van der Waals surface area (Å²) in [7, 11) is 0. The largest absolute Gasteiger partial charge is 0.486 e. The first-order valence-electron chi connectivity index (χ1n) is 13.0. The second kappa shape index (κ2) is 10.7. The second-order valence-corrected chi connectivity index (χ2v) is 9.90. The van der Waals surface area contributed by atoms with Crippen molar-refractivity contribution in [2.24, 2.45) is 0 Å². The van der Waals surface area contributed by atoms with Crippen LogP contribution in [0.1, 0.15) is 53.7 Å². The van der Waals surface area contributed by atoms with E-state index in [2.05, 4.69) is 11.9 Å². The van der Waals surface area contributed by atoms with Crippen LogP contribution in [0, 0.1) is 6.92 Å². The fourth-order valence-corrected chi connectivity index (χ4v) is 5.30. The summed E-state index contributed by atoms with van der Waals surface area (Å²) in [6.45, 7) is 8.93. The van der Waals surface area contributed by atoms with E-state index >= 15 is 0 Å². The van der Waals surface area contributed by atoms with Crippen LogP contribution in [0.15, 0.2) is 43.0 Å². The Labute approximate surface area is 221 Å². The number of nitrogens with zero attached hydrogens (tertiary/aromatic N) is 3. The number of benzene rings is 2. The first-order valence-corrected chi connectivity index (χ1v) is 13.0. The van der Waals surface area contributed by atoms with E-state index in [1.807, 2.05) is 35.8 Å². The Morgan fingerprint density at radius 2 is 1.95 bits per heavy atom. The maximum atomic E-state index is 13.3. The molecule has 9 heteroatoms. The molecular weight excluding hydrogens is 484 g/mol. The molecule has 0 radical (unpaired) electrons. The van der Waals surface area contributed by atoms with Crippen LogP contribution in [-0.4, -0.2) is 58.4 Å². The summed E-state index contributed by atoms with van der Waals surface area (Å²) in [5.41, 5.74) is 3.47. The standard InChI is InChI=1S/C29H32N4O5/c1-4-24(35)32-11-6-5-10-22(17-32)33-25-23(16-21(15-19(3)34)26-27(25)38-13-12-37-26)30-29(33)31-28(36)20-9-7-8-18(2)14-20/h4,7-9,14,16,22H,1,5-6,10-13,15,17H2,2-3H3,(H,30,31,36)/t22-/m1/s1. The third kappa shape index (κ3) is 5.01. The first kappa shape index (κ1) is 25.5. The lowest BCUT2D eigenvalue weighted by Gasteiger charge is -2.28. The Morgan fingerprint density at radius 1 is 1.16 bits per heavy atom. The lowest BCUT2D eigenvalue weighted by molar-refractivity contribution is -0.126. The van der Waals surface area contributed by atoms with Crippen LogP contribution in [0.2, 0.25) is 0 Å². The Balaban J connectivity index is 1.67. The van der Waals surface area contributed by atoms with Crippen molar-refractivity contribution in [3.63, 3.8) is 0 Å².